The fraction of sp³-hybridized carbons (Fsp3) is 0.650. The van der Waals surface area contributed by atoms with Crippen molar-refractivity contribution in [3.05, 3.63) is 29.3 Å². The molecule has 0 aliphatic heterocycles. The number of benzene rings is 1. The molecule has 0 bridgehead atoms. The van der Waals surface area contributed by atoms with Crippen LogP contribution in [0.4, 0.5) is 0 Å². The van der Waals surface area contributed by atoms with Crippen molar-refractivity contribution in [2.45, 2.75) is 65.8 Å². The Labute approximate surface area is 140 Å². The van der Waals surface area contributed by atoms with Crippen LogP contribution in [0.15, 0.2) is 18.2 Å². The van der Waals surface area contributed by atoms with Crippen LogP contribution in [0.5, 0.6) is 5.75 Å². The molecule has 3 heteroatoms. The fourth-order valence-corrected chi connectivity index (χ4v) is 3.42. The third-order valence-electron chi connectivity index (χ3n) is 5.20. The van der Waals surface area contributed by atoms with E-state index in [0.717, 1.165) is 23.3 Å². The summed E-state index contributed by atoms with van der Waals surface area (Å²) in [5.74, 6) is 2.43. The molecule has 0 spiro atoms. The highest BCUT2D eigenvalue weighted by Gasteiger charge is 2.28. The number of carbonyl (C=O) groups excluding carboxylic acids is 1. The summed E-state index contributed by atoms with van der Waals surface area (Å²) >= 11 is 0. The van der Waals surface area contributed by atoms with Crippen LogP contribution in [0.1, 0.15) is 64.0 Å². The average Bonchev–Trinajstić information content (AvgIpc) is 2.49. The molecule has 1 saturated carbocycles. The molecule has 0 aromatic heterocycles. The molecular formula is C20H31NO2. The molecule has 1 aromatic rings. The van der Waals surface area contributed by atoms with E-state index in [4.69, 9.17) is 4.74 Å². The van der Waals surface area contributed by atoms with Crippen LogP contribution >= 0.6 is 0 Å². The van der Waals surface area contributed by atoms with Crippen molar-refractivity contribution in [1.29, 1.82) is 0 Å². The molecule has 1 aliphatic rings. The second-order valence-electron chi connectivity index (χ2n) is 7.43. The molecule has 1 fully saturated rings. The highest BCUT2D eigenvalue weighted by molar-refractivity contribution is 5.78. The maximum Gasteiger partial charge on any atom is 0.258 e. The van der Waals surface area contributed by atoms with Gasteiger partial charge in [0.05, 0.1) is 0 Å². The van der Waals surface area contributed by atoms with Gasteiger partial charge in [0.25, 0.3) is 5.91 Å². The summed E-state index contributed by atoms with van der Waals surface area (Å²) in [6.07, 6.45) is 3.55. The fourth-order valence-electron chi connectivity index (χ4n) is 3.42. The molecule has 2 rings (SSSR count). The molecule has 3 unspecified atom stereocenters. The molecule has 0 radical (unpaired) electrons. The van der Waals surface area contributed by atoms with Crippen LogP contribution in [0.2, 0.25) is 0 Å². The van der Waals surface area contributed by atoms with E-state index in [1.807, 2.05) is 13.0 Å². The SMILES string of the molecule is Cc1ccc(C(C)C)c(OCC(=O)NC2CCCC(C)C2C)c1. The van der Waals surface area contributed by atoms with Crippen molar-refractivity contribution in [2.75, 3.05) is 6.61 Å². The summed E-state index contributed by atoms with van der Waals surface area (Å²) in [7, 11) is 0. The van der Waals surface area contributed by atoms with E-state index in [1.54, 1.807) is 0 Å². The number of rotatable bonds is 5. The first-order valence-corrected chi connectivity index (χ1v) is 8.91. The Bertz CT molecular complexity index is 538. The molecule has 0 heterocycles. The van der Waals surface area contributed by atoms with Gasteiger partial charge >= 0.3 is 0 Å². The van der Waals surface area contributed by atoms with Gasteiger partial charge in [0.1, 0.15) is 5.75 Å². The molecule has 1 amide bonds. The zero-order valence-corrected chi connectivity index (χ0v) is 15.2. The second kappa shape index (κ2) is 7.85. The number of amides is 1. The summed E-state index contributed by atoms with van der Waals surface area (Å²) in [4.78, 5) is 12.3. The Morgan fingerprint density at radius 1 is 1.30 bits per heavy atom. The molecule has 1 aliphatic carbocycles. The van der Waals surface area contributed by atoms with Crippen molar-refractivity contribution in [3.8, 4) is 5.75 Å². The molecule has 23 heavy (non-hydrogen) atoms. The highest BCUT2D eigenvalue weighted by Crippen LogP contribution is 2.30. The summed E-state index contributed by atoms with van der Waals surface area (Å²) in [6, 6.07) is 6.50. The van der Waals surface area contributed by atoms with Gasteiger partial charge in [-0.1, -0.05) is 52.7 Å². The number of carbonyl (C=O) groups is 1. The second-order valence-corrected chi connectivity index (χ2v) is 7.43. The van der Waals surface area contributed by atoms with Gasteiger partial charge in [0.15, 0.2) is 6.61 Å². The van der Waals surface area contributed by atoms with E-state index in [1.165, 1.54) is 12.8 Å². The van der Waals surface area contributed by atoms with Gasteiger partial charge in [0.2, 0.25) is 0 Å². The predicted molar refractivity (Wildman–Crippen MR) is 94.9 cm³/mol. The van der Waals surface area contributed by atoms with E-state index in [2.05, 4.69) is 45.1 Å². The topological polar surface area (TPSA) is 38.3 Å². The maximum absolute atomic E-state index is 12.3. The zero-order chi connectivity index (χ0) is 17.0. The summed E-state index contributed by atoms with van der Waals surface area (Å²) in [6.45, 7) is 10.9. The molecule has 3 nitrogen and oxygen atoms in total. The van der Waals surface area contributed by atoms with Crippen LogP contribution in [0, 0.1) is 18.8 Å². The highest BCUT2D eigenvalue weighted by atomic mass is 16.5. The quantitative estimate of drug-likeness (QED) is 0.872. The minimum Gasteiger partial charge on any atom is -0.483 e. The van der Waals surface area contributed by atoms with Crippen molar-refractivity contribution >= 4 is 5.91 Å². The molecule has 128 valence electrons. The normalized spacial score (nSPS) is 24.5. The third-order valence-corrected chi connectivity index (χ3v) is 5.20. The minimum absolute atomic E-state index is 0.00726. The lowest BCUT2D eigenvalue weighted by atomic mass is 9.78. The largest absolute Gasteiger partial charge is 0.483 e. The van der Waals surface area contributed by atoms with Crippen molar-refractivity contribution in [3.63, 3.8) is 0 Å². The number of ether oxygens (including phenoxy) is 1. The lowest BCUT2D eigenvalue weighted by Gasteiger charge is -2.34. The lowest BCUT2D eigenvalue weighted by Crippen LogP contribution is -2.45. The number of hydrogen-bond acceptors (Lipinski definition) is 2. The van der Waals surface area contributed by atoms with Crippen molar-refractivity contribution in [2.24, 2.45) is 11.8 Å². The van der Waals surface area contributed by atoms with Gasteiger partial charge in [-0.3, -0.25) is 4.79 Å². The number of aryl methyl sites for hydroxylation is 1. The van der Waals surface area contributed by atoms with E-state index < -0.39 is 0 Å². The zero-order valence-electron chi connectivity index (χ0n) is 15.2. The van der Waals surface area contributed by atoms with Gasteiger partial charge in [0, 0.05) is 6.04 Å². The Morgan fingerprint density at radius 2 is 2.04 bits per heavy atom. The summed E-state index contributed by atoms with van der Waals surface area (Å²) in [5.41, 5.74) is 2.31. The van der Waals surface area contributed by atoms with E-state index >= 15 is 0 Å². The molecular weight excluding hydrogens is 286 g/mol. The maximum atomic E-state index is 12.3. The van der Waals surface area contributed by atoms with Crippen LogP contribution in [0.25, 0.3) is 0 Å². The Kier molecular flexibility index (Phi) is 6.09. The Balaban J connectivity index is 1.93. The van der Waals surface area contributed by atoms with E-state index in [9.17, 15) is 4.79 Å². The third kappa shape index (κ3) is 4.73. The van der Waals surface area contributed by atoms with Crippen LogP contribution in [-0.2, 0) is 4.79 Å². The number of hydrogen-bond donors (Lipinski definition) is 1. The first-order chi connectivity index (χ1) is 10.9. The first kappa shape index (κ1) is 17.8. The summed E-state index contributed by atoms with van der Waals surface area (Å²) in [5, 5.41) is 3.17. The van der Waals surface area contributed by atoms with Crippen LogP contribution in [0.3, 0.4) is 0 Å². The van der Waals surface area contributed by atoms with E-state index in [0.29, 0.717) is 17.8 Å². The smallest absolute Gasteiger partial charge is 0.258 e. The summed E-state index contributed by atoms with van der Waals surface area (Å²) < 4.78 is 5.83. The van der Waals surface area contributed by atoms with Gasteiger partial charge in [-0.25, -0.2) is 0 Å². The number of nitrogens with one attached hydrogen (secondary N) is 1. The lowest BCUT2D eigenvalue weighted by molar-refractivity contribution is -0.124. The molecule has 1 aromatic carbocycles. The van der Waals surface area contributed by atoms with Gasteiger partial charge < -0.3 is 10.1 Å². The predicted octanol–water partition coefficient (Wildman–Crippen LogP) is 4.44. The minimum atomic E-state index is -0.00726. The van der Waals surface area contributed by atoms with Gasteiger partial charge in [-0.2, -0.15) is 0 Å². The van der Waals surface area contributed by atoms with Crippen LogP contribution < -0.4 is 10.1 Å². The van der Waals surface area contributed by atoms with E-state index in [-0.39, 0.29) is 18.6 Å². The molecule has 1 N–H and O–H groups in total. The Hall–Kier alpha value is -1.51. The molecule has 0 saturated heterocycles. The van der Waals surface area contributed by atoms with Crippen molar-refractivity contribution in [1.82, 2.24) is 5.32 Å². The standard InChI is InChI=1S/C20H31NO2/c1-13(2)17-10-9-14(3)11-19(17)23-12-20(22)21-18-8-6-7-15(4)16(18)5/h9-11,13,15-16,18H,6-8,12H2,1-5H3,(H,21,22). The van der Waals surface area contributed by atoms with Gasteiger partial charge in [-0.15, -0.1) is 0 Å². The van der Waals surface area contributed by atoms with Crippen LogP contribution in [-0.4, -0.2) is 18.6 Å². The average molecular weight is 317 g/mol. The first-order valence-electron chi connectivity index (χ1n) is 8.91. The molecule has 3 atom stereocenters. The monoisotopic (exact) mass is 317 g/mol. The van der Waals surface area contributed by atoms with Crippen molar-refractivity contribution < 1.29 is 9.53 Å². The Morgan fingerprint density at radius 3 is 2.74 bits per heavy atom. The van der Waals surface area contributed by atoms with Gasteiger partial charge in [-0.05, 0) is 48.3 Å².